The number of imide groups is 1. The molecule has 2 aliphatic rings. The van der Waals surface area contributed by atoms with Crippen LogP contribution in [0.25, 0.3) is 0 Å². The summed E-state index contributed by atoms with van der Waals surface area (Å²) in [6.45, 7) is 2.02. The van der Waals surface area contributed by atoms with E-state index in [4.69, 9.17) is 0 Å². The third-order valence-electron chi connectivity index (χ3n) is 4.47. The number of nitrogens with one attached hydrogen (secondary N) is 1. The molecular formula is C14H17N3O4. The first kappa shape index (κ1) is 13.8. The number of hydrogen-bond donors (Lipinski definition) is 2. The molecule has 112 valence electrons. The van der Waals surface area contributed by atoms with Crippen LogP contribution < -0.4 is 0 Å². The van der Waals surface area contributed by atoms with E-state index in [9.17, 15) is 19.5 Å². The number of aromatic nitrogens is 2. The Balaban J connectivity index is 1.85. The summed E-state index contributed by atoms with van der Waals surface area (Å²) in [5.41, 5.74) is 0.591. The number of rotatable bonds is 4. The summed E-state index contributed by atoms with van der Waals surface area (Å²) in [7, 11) is 0. The fourth-order valence-electron chi connectivity index (χ4n) is 3.50. The molecule has 2 N–H and O–H groups in total. The summed E-state index contributed by atoms with van der Waals surface area (Å²) in [6.07, 6.45) is 4.34. The van der Waals surface area contributed by atoms with Gasteiger partial charge >= 0.3 is 5.97 Å². The zero-order chi connectivity index (χ0) is 15.1. The molecule has 2 heterocycles. The van der Waals surface area contributed by atoms with Crippen molar-refractivity contribution in [2.45, 2.75) is 32.2 Å². The molecule has 0 aromatic carbocycles. The van der Waals surface area contributed by atoms with Crippen molar-refractivity contribution in [3.8, 4) is 0 Å². The molecule has 1 aliphatic heterocycles. The van der Waals surface area contributed by atoms with Gasteiger partial charge in [0.25, 0.3) is 0 Å². The first-order valence-corrected chi connectivity index (χ1v) is 7.06. The number of carbonyl (C=O) groups excluding carboxylic acids is 2. The lowest BCUT2D eigenvalue weighted by Gasteiger charge is -2.23. The number of aromatic amines is 1. The lowest BCUT2D eigenvalue weighted by Crippen LogP contribution is -2.47. The Kier molecular flexibility index (Phi) is 3.27. The highest BCUT2D eigenvalue weighted by molar-refractivity contribution is 6.08. The first-order valence-electron chi connectivity index (χ1n) is 7.06. The Hall–Kier alpha value is -2.18. The van der Waals surface area contributed by atoms with Crippen molar-refractivity contribution in [3.63, 3.8) is 0 Å². The number of amides is 2. The minimum atomic E-state index is -1.17. The number of carboxylic acids is 1. The van der Waals surface area contributed by atoms with Crippen LogP contribution in [0.5, 0.6) is 0 Å². The molecule has 0 bridgehead atoms. The molecule has 7 nitrogen and oxygen atoms in total. The number of hydrogen-bond acceptors (Lipinski definition) is 4. The van der Waals surface area contributed by atoms with E-state index in [1.54, 1.807) is 0 Å². The van der Waals surface area contributed by atoms with Crippen LogP contribution in [0.4, 0.5) is 0 Å². The van der Waals surface area contributed by atoms with Gasteiger partial charge in [0.15, 0.2) is 0 Å². The molecule has 21 heavy (non-hydrogen) atoms. The molecule has 1 aliphatic carbocycles. The number of carboxylic acid groups (broad SMARTS) is 1. The van der Waals surface area contributed by atoms with Crippen LogP contribution in [0.1, 0.15) is 25.5 Å². The van der Waals surface area contributed by atoms with Gasteiger partial charge < -0.3 is 10.1 Å². The van der Waals surface area contributed by atoms with Gasteiger partial charge in [-0.1, -0.05) is 6.92 Å². The summed E-state index contributed by atoms with van der Waals surface area (Å²) in [6, 6.07) is -1.16. The van der Waals surface area contributed by atoms with Crippen LogP contribution in [0.3, 0.4) is 0 Å². The van der Waals surface area contributed by atoms with Crippen molar-refractivity contribution in [3.05, 3.63) is 18.2 Å². The van der Waals surface area contributed by atoms with E-state index in [0.29, 0.717) is 24.5 Å². The Bertz CT molecular complexity index is 559. The van der Waals surface area contributed by atoms with E-state index >= 15 is 0 Å². The molecule has 3 unspecified atom stereocenters. The minimum absolute atomic E-state index is 0.0573. The standard InChI is InChI=1S/C14H17N3O4/c1-7-2-9-10(3-7)13(19)17(12(9)18)11(14(20)21)4-8-5-15-6-16-8/h5-7,9-11H,2-4H2,1H3,(H,15,16)(H,20,21). The van der Waals surface area contributed by atoms with E-state index in [-0.39, 0.29) is 30.1 Å². The van der Waals surface area contributed by atoms with Crippen LogP contribution in [0, 0.1) is 17.8 Å². The second kappa shape index (κ2) is 4.98. The summed E-state index contributed by atoms with van der Waals surface area (Å²) in [5, 5.41) is 9.40. The second-order valence-corrected chi connectivity index (χ2v) is 5.97. The van der Waals surface area contributed by atoms with Gasteiger partial charge in [-0.05, 0) is 18.8 Å². The molecule has 1 aromatic heterocycles. The number of H-pyrrole nitrogens is 1. The Labute approximate surface area is 121 Å². The van der Waals surface area contributed by atoms with E-state index in [0.717, 1.165) is 4.90 Å². The van der Waals surface area contributed by atoms with Crippen molar-refractivity contribution in [2.24, 2.45) is 17.8 Å². The maximum atomic E-state index is 12.4. The average Bonchev–Trinajstić information content (AvgIpc) is 3.09. The molecule has 2 fully saturated rings. The SMILES string of the molecule is CC1CC2C(=O)N(C(Cc3cnc[nH]3)C(=O)O)C(=O)C2C1. The van der Waals surface area contributed by atoms with E-state index in [2.05, 4.69) is 9.97 Å². The van der Waals surface area contributed by atoms with Crippen LogP contribution in [-0.4, -0.2) is 43.8 Å². The summed E-state index contributed by atoms with van der Waals surface area (Å²) in [5.74, 6) is -2.17. The Morgan fingerprint density at radius 3 is 2.52 bits per heavy atom. The van der Waals surface area contributed by atoms with Gasteiger partial charge in [0.2, 0.25) is 11.8 Å². The van der Waals surface area contributed by atoms with Crippen molar-refractivity contribution in [2.75, 3.05) is 0 Å². The highest BCUT2D eigenvalue weighted by atomic mass is 16.4. The maximum Gasteiger partial charge on any atom is 0.327 e. The minimum Gasteiger partial charge on any atom is -0.480 e. The molecular weight excluding hydrogens is 274 g/mol. The third kappa shape index (κ3) is 2.22. The fourth-order valence-corrected chi connectivity index (χ4v) is 3.50. The summed E-state index contributed by atoms with van der Waals surface area (Å²) in [4.78, 5) is 44.0. The van der Waals surface area contributed by atoms with Crippen molar-refractivity contribution >= 4 is 17.8 Å². The number of imidazole rings is 1. The zero-order valence-corrected chi connectivity index (χ0v) is 11.7. The molecule has 3 rings (SSSR count). The summed E-state index contributed by atoms with van der Waals surface area (Å²) < 4.78 is 0. The van der Waals surface area contributed by atoms with Crippen LogP contribution in [0.15, 0.2) is 12.5 Å². The number of aliphatic carboxylic acids is 1. The average molecular weight is 291 g/mol. The largest absolute Gasteiger partial charge is 0.480 e. The van der Waals surface area contributed by atoms with Crippen LogP contribution in [-0.2, 0) is 20.8 Å². The Morgan fingerprint density at radius 2 is 2.05 bits per heavy atom. The first-order chi connectivity index (χ1) is 9.99. The molecule has 0 spiro atoms. The summed E-state index contributed by atoms with van der Waals surface area (Å²) >= 11 is 0. The quantitative estimate of drug-likeness (QED) is 0.783. The van der Waals surface area contributed by atoms with Gasteiger partial charge in [-0.3, -0.25) is 14.5 Å². The molecule has 2 amide bonds. The number of fused-ring (bicyclic) bond motifs is 1. The molecule has 3 atom stereocenters. The van der Waals surface area contributed by atoms with Gasteiger partial charge in [-0.2, -0.15) is 0 Å². The van der Waals surface area contributed by atoms with E-state index in [1.807, 2.05) is 6.92 Å². The van der Waals surface area contributed by atoms with Crippen LogP contribution in [0.2, 0.25) is 0 Å². The number of nitrogens with zero attached hydrogens (tertiary/aromatic N) is 2. The fraction of sp³-hybridized carbons (Fsp3) is 0.571. The van der Waals surface area contributed by atoms with Gasteiger partial charge in [0, 0.05) is 18.3 Å². The van der Waals surface area contributed by atoms with Crippen molar-refractivity contribution in [1.29, 1.82) is 0 Å². The molecule has 0 radical (unpaired) electrons. The predicted molar refractivity (Wildman–Crippen MR) is 70.9 cm³/mol. The number of likely N-dealkylation sites (tertiary alicyclic amines) is 1. The zero-order valence-electron chi connectivity index (χ0n) is 11.7. The van der Waals surface area contributed by atoms with Gasteiger partial charge in [-0.25, -0.2) is 9.78 Å². The highest BCUT2D eigenvalue weighted by Gasteiger charge is 2.54. The van der Waals surface area contributed by atoms with Crippen LogP contribution >= 0.6 is 0 Å². The monoisotopic (exact) mass is 291 g/mol. The van der Waals surface area contributed by atoms with Gasteiger partial charge in [-0.15, -0.1) is 0 Å². The van der Waals surface area contributed by atoms with E-state index in [1.165, 1.54) is 12.5 Å². The molecule has 1 saturated carbocycles. The molecule has 1 aromatic rings. The maximum absolute atomic E-state index is 12.4. The predicted octanol–water partition coefficient (Wildman–Crippen LogP) is 0.436. The Morgan fingerprint density at radius 1 is 1.43 bits per heavy atom. The molecule has 7 heteroatoms. The smallest absolute Gasteiger partial charge is 0.327 e. The van der Waals surface area contributed by atoms with Gasteiger partial charge in [0.1, 0.15) is 6.04 Å². The third-order valence-corrected chi connectivity index (χ3v) is 4.47. The van der Waals surface area contributed by atoms with Gasteiger partial charge in [0.05, 0.1) is 18.2 Å². The van der Waals surface area contributed by atoms with E-state index < -0.39 is 12.0 Å². The topological polar surface area (TPSA) is 103 Å². The van der Waals surface area contributed by atoms with Crippen molar-refractivity contribution in [1.82, 2.24) is 14.9 Å². The molecule has 1 saturated heterocycles. The van der Waals surface area contributed by atoms with Crippen molar-refractivity contribution < 1.29 is 19.5 Å². The lowest BCUT2D eigenvalue weighted by molar-refractivity contribution is -0.155. The second-order valence-electron chi connectivity index (χ2n) is 5.97. The number of carbonyl (C=O) groups is 3. The normalized spacial score (nSPS) is 29.8. The lowest BCUT2D eigenvalue weighted by atomic mass is 10.00. The highest BCUT2D eigenvalue weighted by Crippen LogP contribution is 2.43.